The first-order valence-electron chi connectivity index (χ1n) is 11.5. The standard InChI is InChI=1S/C24H33N9O4/c25-20(26)15-7-5-14(6-8-15)11-17(16-3-1-9-30-12-16)22(36)33-19(13-34)23(37)32-18(21(27)35)4-2-10-31-24(28)29/h1,3,5-9,12,17-19,34H,2,4,10-11,13H2,(H3,25,26)(H2,27,35)(H,32,37)(H,33,36)(H4,28,29,31)/t17-,18+,19+/m1/s1. The summed E-state index contributed by atoms with van der Waals surface area (Å²) < 4.78 is 0. The topological polar surface area (TPSA) is 249 Å². The molecular formula is C24H33N9O4. The number of benzene rings is 1. The Morgan fingerprint density at radius 1 is 1.00 bits per heavy atom. The van der Waals surface area contributed by atoms with Crippen LogP contribution >= 0.6 is 0 Å². The van der Waals surface area contributed by atoms with Gasteiger partial charge < -0.3 is 38.7 Å². The predicted molar refractivity (Wildman–Crippen MR) is 138 cm³/mol. The predicted octanol–water partition coefficient (Wildman–Crippen LogP) is -1.81. The summed E-state index contributed by atoms with van der Waals surface area (Å²) in [6.45, 7) is -0.466. The lowest BCUT2D eigenvalue weighted by Gasteiger charge is -2.23. The Balaban J connectivity index is 2.13. The van der Waals surface area contributed by atoms with E-state index in [0.717, 1.165) is 5.56 Å². The van der Waals surface area contributed by atoms with E-state index in [9.17, 15) is 19.5 Å². The van der Waals surface area contributed by atoms with Crippen molar-refractivity contribution >= 4 is 29.5 Å². The smallest absolute Gasteiger partial charge is 0.245 e. The molecule has 0 aliphatic carbocycles. The second kappa shape index (κ2) is 14.1. The van der Waals surface area contributed by atoms with Crippen LogP contribution in [0.1, 0.15) is 35.4 Å². The Bertz CT molecular complexity index is 1100. The molecule has 2 rings (SSSR count). The lowest BCUT2D eigenvalue weighted by atomic mass is 9.91. The highest BCUT2D eigenvalue weighted by molar-refractivity contribution is 5.95. The van der Waals surface area contributed by atoms with Crippen LogP contribution < -0.4 is 33.6 Å². The van der Waals surface area contributed by atoms with Gasteiger partial charge in [-0.25, -0.2) is 0 Å². The third-order valence-corrected chi connectivity index (χ3v) is 5.53. The first-order valence-corrected chi connectivity index (χ1v) is 11.5. The molecule has 1 aromatic heterocycles. The molecule has 0 aliphatic rings. The van der Waals surface area contributed by atoms with Crippen LogP contribution in [0.2, 0.25) is 0 Å². The number of aliphatic hydroxyl groups is 1. The number of hydrogen-bond acceptors (Lipinski definition) is 7. The number of pyridine rings is 1. The van der Waals surface area contributed by atoms with E-state index in [1.165, 1.54) is 0 Å². The highest BCUT2D eigenvalue weighted by Crippen LogP contribution is 2.21. The van der Waals surface area contributed by atoms with Crippen molar-refractivity contribution in [2.75, 3.05) is 13.2 Å². The summed E-state index contributed by atoms with van der Waals surface area (Å²) in [5.74, 6) is -2.98. The number of carbonyl (C=O) groups excluding carboxylic acids is 3. The Morgan fingerprint density at radius 3 is 2.22 bits per heavy atom. The van der Waals surface area contributed by atoms with E-state index in [1.807, 2.05) is 0 Å². The van der Waals surface area contributed by atoms with Crippen LogP contribution in [0.3, 0.4) is 0 Å². The third-order valence-electron chi connectivity index (χ3n) is 5.53. The molecular weight excluding hydrogens is 478 g/mol. The average Bonchev–Trinajstić information content (AvgIpc) is 2.87. The summed E-state index contributed by atoms with van der Waals surface area (Å²) in [6.07, 6.45) is 3.90. The normalized spacial score (nSPS) is 13.0. The highest BCUT2D eigenvalue weighted by Gasteiger charge is 2.29. The number of aromatic nitrogens is 1. The molecule has 0 bridgehead atoms. The molecule has 0 saturated carbocycles. The summed E-state index contributed by atoms with van der Waals surface area (Å²) in [4.78, 5) is 45.7. The van der Waals surface area contributed by atoms with Crippen molar-refractivity contribution in [3.05, 3.63) is 65.5 Å². The van der Waals surface area contributed by atoms with Gasteiger partial charge in [0.1, 0.15) is 17.9 Å². The molecule has 0 spiro atoms. The molecule has 0 unspecified atom stereocenters. The summed E-state index contributed by atoms with van der Waals surface area (Å²) in [6, 6.07) is 7.91. The van der Waals surface area contributed by atoms with Gasteiger partial charge in [0.05, 0.1) is 12.5 Å². The van der Waals surface area contributed by atoms with E-state index in [-0.39, 0.29) is 31.2 Å². The number of aliphatic imine (C=N–C) groups is 1. The van der Waals surface area contributed by atoms with Crippen LogP contribution in [0.25, 0.3) is 0 Å². The minimum absolute atomic E-state index is 0.0737. The first-order chi connectivity index (χ1) is 17.6. The lowest BCUT2D eigenvalue weighted by molar-refractivity contribution is -0.132. The molecule has 198 valence electrons. The van der Waals surface area contributed by atoms with Crippen LogP contribution in [-0.2, 0) is 20.8 Å². The van der Waals surface area contributed by atoms with E-state index in [1.54, 1.807) is 48.8 Å². The van der Waals surface area contributed by atoms with Crippen molar-refractivity contribution in [2.45, 2.75) is 37.3 Å². The van der Waals surface area contributed by atoms with Gasteiger partial charge in [0, 0.05) is 24.5 Å². The number of rotatable bonds is 14. The third kappa shape index (κ3) is 9.22. The average molecular weight is 512 g/mol. The molecule has 1 aromatic carbocycles. The van der Waals surface area contributed by atoms with Crippen LogP contribution in [0.5, 0.6) is 0 Å². The minimum atomic E-state index is -1.33. The fraction of sp³-hybridized carbons (Fsp3) is 0.333. The van der Waals surface area contributed by atoms with Crippen LogP contribution in [0.4, 0.5) is 0 Å². The van der Waals surface area contributed by atoms with Crippen molar-refractivity contribution in [2.24, 2.45) is 27.9 Å². The number of primary amides is 1. The maximum Gasteiger partial charge on any atom is 0.245 e. The number of amidine groups is 1. The molecule has 2 aromatic rings. The fourth-order valence-corrected chi connectivity index (χ4v) is 3.53. The Morgan fingerprint density at radius 2 is 1.68 bits per heavy atom. The maximum atomic E-state index is 13.3. The van der Waals surface area contributed by atoms with Crippen molar-refractivity contribution < 1.29 is 19.5 Å². The van der Waals surface area contributed by atoms with Crippen molar-refractivity contribution in [3.63, 3.8) is 0 Å². The molecule has 12 N–H and O–H groups in total. The van der Waals surface area contributed by atoms with E-state index < -0.39 is 42.3 Å². The zero-order valence-electron chi connectivity index (χ0n) is 20.3. The van der Waals surface area contributed by atoms with E-state index in [0.29, 0.717) is 17.5 Å². The highest BCUT2D eigenvalue weighted by atomic mass is 16.3. The van der Waals surface area contributed by atoms with Gasteiger partial charge in [0.25, 0.3) is 0 Å². The van der Waals surface area contributed by atoms with E-state index >= 15 is 0 Å². The van der Waals surface area contributed by atoms with Crippen LogP contribution in [-0.4, -0.2) is 64.8 Å². The number of amides is 3. The van der Waals surface area contributed by atoms with E-state index in [4.69, 9.17) is 28.3 Å². The second-order valence-electron chi connectivity index (χ2n) is 8.31. The van der Waals surface area contributed by atoms with Crippen LogP contribution in [0.15, 0.2) is 53.8 Å². The molecule has 13 nitrogen and oxygen atoms in total. The van der Waals surface area contributed by atoms with Crippen LogP contribution in [0, 0.1) is 5.41 Å². The summed E-state index contributed by atoms with van der Waals surface area (Å²) in [5, 5.41) is 22.4. The van der Waals surface area contributed by atoms with Gasteiger partial charge in [0.15, 0.2) is 5.96 Å². The molecule has 13 heteroatoms. The van der Waals surface area contributed by atoms with Crippen molar-refractivity contribution in [3.8, 4) is 0 Å². The van der Waals surface area contributed by atoms with Gasteiger partial charge >= 0.3 is 0 Å². The monoisotopic (exact) mass is 511 g/mol. The summed E-state index contributed by atoms with van der Waals surface area (Å²) >= 11 is 0. The molecule has 37 heavy (non-hydrogen) atoms. The number of hydrogen-bond donors (Lipinski definition) is 8. The van der Waals surface area contributed by atoms with Crippen molar-refractivity contribution in [1.82, 2.24) is 15.6 Å². The van der Waals surface area contributed by atoms with Crippen molar-refractivity contribution in [1.29, 1.82) is 5.41 Å². The minimum Gasteiger partial charge on any atom is -0.394 e. The Kier molecular flexibility index (Phi) is 11.0. The molecule has 0 radical (unpaired) electrons. The number of aliphatic hydroxyl groups excluding tert-OH is 1. The zero-order valence-corrected chi connectivity index (χ0v) is 20.3. The van der Waals surface area contributed by atoms with Gasteiger partial charge in [-0.05, 0) is 36.5 Å². The number of nitrogens with two attached hydrogens (primary N) is 4. The SMILES string of the molecule is N=C(N)c1ccc(C[C@@H](C(=O)N[C@@H](CO)C(=O)N[C@@H](CCCN=C(N)N)C(N)=O)c2cccnc2)cc1. The maximum absolute atomic E-state index is 13.3. The van der Waals surface area contributed by atoms with E-state index in [2.05, 4.69) is 20.6 Å². The van der Waals surface area contributed by atoms with Gasteiger partial charge in [-0.15, -0.1) is 0 Å². The first kappa shape index (κ1) is 28.7. The Labute approximate surface area is 214 Å². The molecule has 0 aliphatic heterocycles. The summed E-state index contributed by atoms with van der Waals surface area (Å²) in [7, 11) is 0. The number of nitrogen functional groups attached to an aromatic ring is 1. The van der Waals surface area contributed by atoms with Gasteiger partial charge in [-0.3, -0.25) is 29.8 Å². The molecule has 3 atom stereocenters. The molecule has 3 amide bonds. The van der Waals surface area contributed by atoms with Gasteiger partial charge in [-0.2, -0.15) is 0 Å². The second-order valence-corrected chi connectivity index (χ2v) is 8.31. The fourth-order valence-electron chi connectivity index (χ4n) is 3.53. The van der Waals surface area contributed by atoms with Gasteiger partial charge in [0.2, 0.25) is 17.7 Å². The van der Waals surface area contributed by atoms with Gasteiger partial charge in [-0.1, -0.05) is 30.3 Å². The number of carbonyl (C=O) groups is 3. The Hall–Kier alpha value is -4.52. The quantitative estimate of drug-likeness (QED) is 0.0813. The largest absolute Gasteiger partial charge is 0.394 e. The number of guanidine groups is 1. The number of nitrogens with one attached hydrogen (secondary N) is 3. The summed E-state index contributed by atoms with van der Waals surface area (Å²) in [5.41, 5.74) is 23.4. The number of nitrogens with zero attached hydrogens (tertiary/aromatic N) is 2. The molecule has 1 heterocycles. The molecule has 0 fully saturated rings. The zero-order chi connectivity index (χ0) is 27.4. The molecule has 0 saturated heterocycles. The lowest BCUT2D eigenvalue weighted by Crippen LogP contribution is -2.55.